The van der Waals surface area contributed by atoms with Crippen molar-refractivity contribution in [2.45, 2.75) is 31.1 Å². The molecule has 1 aliphatic rings. The summed E-state index contributed by atoms with van der Waals surface area (Å²) in [5.41, 5.74) is 2.50. The van der Waals surface area contributed by atoms with Crippen LogP contribution in [0.3, 0.4) is 0 Å². The summed E-state index contributed by atoms with van der Waals surface area (Å²) in [5.74, 6) is 0.353. The first-order chi connectivity index (χ1) is 17.0. The number of nitrogens with one attached hydrogen (secondary N) is 1. The van der Waals surface area contributed by atoms with E-state index in [-0.39, 0.29) is 11.6 Å². The molecule has 3 aromatic rings. The van der Waals surface area contributed by atoms with Crippen LogP contribution in [0.25, 0.3) is 0 Å². The number of aryl methyl sites for hydroxylation is 1. The van der Waals surface area contributed by atoms with Crippen molar-refractivity contribution in [1.82, 2.24) is 0 Å². The van der Waals surface area contributed by atoms with Gasteiger partial charge in [-0.1, -0.05) is 55.4 Å². The first-order valence-corrected chi connectivity index (χ1v) is 12.3. The van der Waals surface area contributed by atoms with Crippen LogP contribution >= 0.6 is 11.8 Å². The highest BCUT2D eigenvalue weighted by atomic mass is 32.2. The van der Waals surface area contributed by atoms with Gasteiger partial charge in [0, 0.05) is 11.0 Å². The molecular formula is C28H28N2O4S. The topological polar surface area (TPSA) is 67.9 Å². The van der Waals surface area contributed by atoms with Crippen LogP contribution in [0, 0.1) is 0 Å². The molecule has 6 nitrogen and oxygen atoms in total. The maximum atomic E-state index is 13.6. The number of carbonyl (C=O) groups excluding carboxylic acids is 2. The number of anilines is 2. The zero-order valence-electron chi connectivity index (χ0n) is 20.0. The van der Waals surface area contributed by atoms with Crippen LogP contribution < -0.4 is 19.7 Å². The summed E-state index contributed by atoms with van der Waals surface area (Å²) in [6.45, 7) is 2.15. The molecule has 7 heteroatoms. The summed E-state index contributed by atoms with van der Waals surface area (Å²) in [4.78, 5) is 29.6. The van der Waals surface area contributed by atoms with E-state index in [0.717, 1.165) is 24.2 Å². The molecule has 1 heterocycles. The normalized spacial score (nSPS) is 13.4. The lowest BCUT2D eigenvalue weighted by Crippen LogP contribution is -2.32. The smallest absolute Gasteiger partial charge is 0.283 e. The summed E-state index contributed by atoms with van der Waals surface area (Å²) in [5, 5.41) is 3.17. The van der Waals surface area contributed by atoms with Gasteiger partial charge in [-0.15, -0.1) is 0 Å². The van der Waals surface area contributed by atoms with E-state index in [9.17, 15) is 9.59 Å². The molecule has 0 aliphatic carbocycles. The third-order valence-electron chi connectivity index (χ3n) is 5.69. The number of amides is 2. The molecule has 0 atom stereocenters. The molecule has 1 aliphatic heterocycles. The number of methoxy groups -OCH3 is 2. The molecule has 0 unspecified atom stereocenters. The van der Waals surface area contributed by atoms with E-state index in [1.54, 1.807) is 32.4 Å². The van der Waals surface area contributed by atoms with Crippen LogP contribution in [0.2, 0.25) is 0 Å². The van der Waals surface area contributed by atoms with E-state index in [0.29, 0.717) is 27.8 Å². The third-order valence-corrected chi connectivity index (χ3v) is 6.78. The fourth-order valence-electron chi connectivity index (χ4n) is 3.78. The number of rotatable bonds is 10. The van der Waals surface area contributed by atoms with Crippen LogP contribution in [0.5, 0.6) is 11.5 Å². The Kier molecular flexibility index (Phi) is 7.77. The Morgan fingerprint density at radius 2 is 1.63 bits per heavy atom. The predicted octanol–water partition coefficient (Wildman–Crippen LogP) is 6.04. The first kappa shape index (κ1) is 24.4. The van der Waals surface area contributed by atoms with Crippen molar-refractivity contribution in [2.24, 2.45) is 0 Å². The summed E-state index contributed by atoms with van der Waals surface area (Å²) in [7, 11) is 3.12. The van der Waals surface area contributed by atoms with E-state index < -0.39 is 5.91 Å². The Balaban J connectivity index is 1.70. The van der Waals surface area contributed by atoms with Crippen LogP contribution in [0.4, 0.5) is 11.4 Å². The van der Waals surface area contributed by atoms with Crippen molar-refractivity contribution in [2.75, 3.05) is 24.4 Å². The number of unbranched alkanes of at least 4 members (excludes halogenated alkanes) is 1. The summed E-state index contributed by atoms with van der Waals surface area (Å²) < 4.78 is 10.8. The number of carbonyl (C=O) groups is 2. The van der Waals surface area contributed by atoms with Crippen molar-refractivity contribution >= 4 is 35.0 Å². The highest BCUT2D eigenvalue weighted by molar-refractivity contribution is 8.04. The quantitative estimate of drug-likeness (QED) is 0.351. The molecule has 0 saturated carbocycles. The predicted molar refractivity (Wildman–Crippen MR) is 140 cm³/mol. The Labute approximate surface area is 209 Å². The highest BCUT2D eigenvalue weighted by Crippen LogP contribution is 2.39. The molecular weight excluding hydrogens is 460 g/mol. The van der Waals surface area contributed by atoms with Crippen molar-refractivity contribution in [1.29, 1.82) is 0 Å². The van der Waals surface area contributed by atoms with Gasteiger partial charge in [0.1, 0.15) is 22.1 Å². The molecule has 4 rings (SSSR count). The number of nitrogens with zero attached hydrogens (tertiary/aromatic N) is 1. The second-order valence-electron chi connectivity index (χ2n) is 8.03. The molecule has 35 heavy (non-hydrogen) atoms. The Morgan fingerprint density at radius 3 is 2.29 bits per heavy atom. The molecule has 0 radical (unpaired) electrons. The van der Waals surface area contributed by atoms with Crippen LogP contribution in [-0.2, 0) is 16.0 Å². The van der Waals surface area contributed by atoms with E-state index in [2.05, 4.69) is 12.2 Å². The molecule has 0 fully saturated rings. The molecule has 3 aromatic carbocycles. The van der Waals surface area contributed by atoms with Gasteiger partial charge < -0.3 is 14.8 Å². The lowest BCUT2D eigenvalue weighted by molar-refractivity contribution is -0.120. The fraction of sp³-hybridized carbons (Fsp3) is 0.214. The van der Waals surface area contributed by atoms with Gasteiger partial charge in [0.15, 0.2) is 0 Å². The number of imide groups is 1. The number of hydrogen-bond donors (Lipinski definition) is 1. The Hall–Kier alpha value is -3.71. The largest absolute Gasteiger partial charge is 0.497 e. The molecule has 0 aromatic heterocycles. The van der Waals surface area contributed by atoms with Crippen molar-refractivity contribution in [3.63, 3.8) is 0 Å². The fourth-order valence-corrected chi connectivity index (χ4v) is 4.73. The van der Waals surface area contributed by atoms with E-state index >= 15 is 0 Å². The van der Waals surface area contributed by atoms with Crippen LogP contribution in [-0.4, -0.2) is 26.0 Å². The van der Waals surface area contributed by atoms with Crippen molar-refractivity contribution in [3.8, 4) is 11.5 Å². The molecule has 0 saturated heterocycles. The van der Waals surface area contributed by atoms with E-state index in [1.165, 1.54) is 22.2 Å². The van der Waals surface area contributed by atoms with E-state index in [1.807, 2.05) is 54.6 Å². The Morgan fingerprint density at radius 1 is 0.886 bits per heavy atom. The molecule has 2 amide bonds. The van der Waals surface area contributed by atoms with Gasteiger partial charge in [-0.2, -0.15) is 0 Å². The van der Waals surface area contributed by atoms with Crippen LogP contribution in [0.15, 0.2) is 88.3 Å². The van der Waals surface area contributed by atoms with E-state index in [4.69, 9.17) is 9.47 Å². The van der Waals surface area contributed by atoms with Gasteiger partial charge >= 0.3 is 0 Å². The molecule has 0 spiro atoms. The average molecular weight is 489 g/mol. The maximum absolute atomic E-state index is 13.6. The number of benzene rings is 3. The second-order valence-corrected chi connectivity index (χ2v) is 9.11. The van der Waals surface area contributed by atoms with Gasteiger partial charge in [-0.25, -0.2) is 4.90 Å². The standard InChI is InChI=1S/C28H28N2O4S/c1-4-5-9-19-12-14-20(15-13-19)30-27(31)25(26(28(30)32)35-22-10-7-6-8-11-22)29-23-17-16-21(33-2)18-24(23)34-3/h6-8,10-18,29H,4-5,9H2,1-3H3. The minimum absolute atomic E-state index is 0.211. The lowest BCUT2D eigenvalue weighted by Gasteiger charge is -2.16. The number of hydrogen-bond acceptors (Lipinski definition) is 6. The SMILES string of the molecule is CCCCc1ccc(N2C(=O)C(Nc3ccc(OC)cc3OC)=C(Sc3ccccc3)C2=O)cc1. The van der Waals surface area contributed by atoms with Crippen molar-refractivity contribution in [3.05, 3.63) is 89.0 Å². The van der Waals surface area contributed by atoms with Gasteiger partial charge in [-0.05, 0) is 54.8 Å². The zero-order valence-corrected chi connectivity index (χ0v) is 20.9. The summed E-state index contributed by atoms with van der Waals surface area (Å²) in [6, 6.07) is 22.4. The number of thioether (sulfide) groups is 1. The van der Waals surface area contributed by atoms with Crippen LogP contribution in [0.1, 0.15) is 25.3 Å². The summed E-state index contributed by atoms with van der Waals surface area (Å²) in [6.07, 6.45) is 3.17. The minimum atomic E-state index is -0.410. The molecule has 0 bridgehead atoms. The maximum Gasteiger partial charge on any atom is 0.283 e. The monoisotopic (exact) mass is 488 g/mol. The average Bonchev–Trinajstić information content (AvgIpc) is 3.12. The lowest BCUT2D eigenvalue weighted by atomic mass is 10.1. The minimum Gasteiger partial charge on any atom is -0.497 e. The third kappa shape index (κ3) is 5.35. The van der Waals surface area contributed by atoms with Gasteiger partial charge in [0.05, 0.1) is 25.6 Å². The van der Waals surface area contributed by atoms with Gasteiger partial charge in [0.2, 0.25) is 0 Å². The zero-order chi connectivity index (χ0) is 24.8. The highest BCUT2D eigenvalue weighted by Gasteiger charge is 2.40. The summed E-state index contributed by atoms with van der Waals surface area (Å²) >= 11 is 1.26. The van der Waals surface area contributed by atoms with Gasteiger partial charge in [-0.3, -0.25) is 9.59 Å². The molecule has 180 valence electrons. The molecule has 1 N–H and O–H groups in total. The Bertz CT molecular complexity index is 1240. The second kappa shape index (κ2) is 11.1. The first-order valence-electron chi connectivity index (χ1n) is 11.5. The van der Waals surface area contributed by atoms with Crippen molar-refractivity contribution < 1.29 is 19.1 Å². The number of ether oxygens (including phenoxy) is 2. The van der Waals surface area contributed by atoms with Gasteiger partial charge in [0.25, 0.3) is 11.8 Å².